The molecule has 3 heterocycles. The van der Waals surface area contributed by atoms with E-state index in [-0.39, 0.29) is 5.91 Å². The number of carbonyl (C=O) groups is 1. The smallest absolute Gasteiger partial charge is 0.275 e. The van der Waals surface area contributed by atoms with Crippen molar-refractivity contribution in [2.24, 2.45) is 4.99 Å². The fraction of sp³-hybridized carbons (Fsp3) is 0. The maximum atomic E-state index is 11.3. The summed E-state index contributed by atoms with van der Waals surface area (Å²) in [5, 5.41) is 2.49. The molecule has 1 aliphatic heterocycles. The monoisotopic (exact) mass is 224 g/mol. The molecule has 0 aliphatic carbocycles. The molecule has 0 bridgehead atoms. The van der Waals surface area contributed by atoms with Gasteiger partial charge in [-0.15, -0.1) is 0 Å². The van der Waals surface area contributed by atoms with Crippen LogP contribution >= 0.6 is 0 Å². The number of aromatic nitrogens is 2. The summed E-state index contributed by atoms with van der Waals surface area (Å²) in [7, 11) is 0. The van der Waals surface area contributed by atoms with Crippen LogP contribution in [0.2, 0.25) is 0 Å². The molecule has 0 saturated heterocycles. The minimum atomic E-state index is -0.210. The van der Waals surface area contributed by atoms with Crippen molar-refractivity contribution in [2.75, 3.05) is 0 Å². The quantitative estimate of drug-likeness (QED) is 0.738. The van der Waals surface area contributed by atoms with Crippen molar-refractivity contribution in [3.05, 3.63) is 41.9 Å². The standard InChI is InChI=1S/C12H8N4O/c17-12-11(14-7-15-12)6-8-3-4-9-10(16-8)2-1-5-13-9/h1-7H,(H,14,15,17). The highest BCUT2D eigenvalue weighted by Crippen LogP contribution is 2.13. The normalized spacial score (nSPS) is 16.7. The number of hydrogen-bond acceptors (Lipinski definition) is 4. The third kappa shape index (κ3) is 1.78. The molecule has 0 fully saturated rings. The van der Waals surface area contributed by atoms with Crippen molar-refractivity contribution in [2.45, 2.75) is 0 Å². The van der Waals surface area contributed by atoms with E-state index in [1.807, 2.05) is 24.3 Å². The Morgan fingerprint density at radius 1 is 1.18 bits per heavy atom. The van der Waals surface area contributed by atoms with Crippen LogP contribution in [0, 0.1) is 0 Å². The molecular formula is C12H8N4O. The highest BCUT2D eigenvalue weighted by molar-refractivity contribution is 6.08. The van der Waals surface area contributed by atoms with Gasteiger partial charge < -0.3 is 5.32 Å². The summed E-state index contributed by atoms with van der Waals surface area (Å²) in [6.45, 7) is 0. The van der Waals surface area contributed by atoms with Gasteiger partial charge in [-0.3, -0.25) is 9.78 Å². The van der Waals surface area contributed by atoms with E-state index in [0.29, 0.717) is 11.4 Å². The van der Waals surface area contributed by atoms with E-state index < -0.39 is 0 Å². The van der Waals surface area contributed by atoms with E-state index >= 15 is 0 Å². The Morgan fingerprint density at radius 2 is 2.12 bits per heavy atom. The Bertz CT molecular complexity index is 660. The minimum absolute atomic E-state index is 0.210. The van der Waals surface area contributed by atoms with Crippen LogP contribution in [0.5, 0.6) is 0 Å². The molecular weight excluding hydrogens is 216 g/mol. The van der Waals surface area contributed by atoms with E-state index in [9.17, 15) is 4.79 Å². The summed E-state index contributed by atoms with van der Waals surface area (Å²) in [4.78, 5) is 23.8. The highest BCUT2D eigenvalue weighted by atomic mass is 16.2. The maximum Gasteiger partial charge on any atom is 0.275 e. The van der Waals surface area contributed by atoms with Crippen molar-refractivity contribution in [1.82, 2.24) is 15.3 Å². The molecule has 17 heavy (non-hydrogen) atoms. The molecule has 2 aromatic heterocycles. The topological polar surface area (TPSA) is 67.2 Å². The summed E-state index contributed by atoms with van der Waals surface area (Å²) < 4.78 is 0. The molecule has 0 radical (unpaired) electrons. The van der Waals surface area contributed by atoms with Gasteiger partial charge in [0, 0.05) is 6.20 Å². The van der Waals surface area contributed by atoms with Gasteiger partial charge in [-0.2, -0.15) is 0 Å². The van der Waals surface area contributed by atoms with Crippen molar-refractivity contribution in [3.63, 3.8) is 0 Å². The highest BCUT2D eigenvalue weighted by Gasteiger charge is 2.12. The van der Waals surface area contributed by atoms with Gasteiger partial charge in [-0.1, -0.05) is 0 Å². The number of hydrogen-bond donors (Lipinski definition) is 1. The predicted molar refractivity (Wildman–Crippen MR) is 64.1 cm³/mol. The Kier molecular flexibility index (Phi) is 2.15. The number of carbonyl (C=O) groups excluding carboxylic acids is 1. The van der Waals surface area contributed by atoms with Gasteiger partial charge in [0.2, 0.25) is 0 Å². The summed E-state index contributed by atoms with van der Waals surface area (Å²) in [5.41, 5.74) is 2.67. The van der Waals surface area contributed by atoms with Gasteiger partial charge in [0.15, 0.2) is 0 Å². The first-order chi connectivity index (χ1) is 8.33. The summed E-state index contributed by atoms with van der Waals surface area (Å²) >= 11 is 0. The van der Waals surface area contributed by atoms with E-state index in [0.717, 1.165) is 11.0 Å². The van der Waals surface area contributed by atoms with Crippen LogP contribution in [0.25, 0.3) is 17.1 Å². The summed E-state index contributed by atoms with van der Waals surface area (Å²) in [5.74, 6) is -0.210. The van der Waals surface area contributed by atoms with E-state index in [1.54, 1.807) is 12.3 Å². The van der Waals surface area contributed by atoms with Crippen LogP contribution < -0.4 is 5.32 Å². The third-order valence-electron chi connectivity index (χ3n) is 2.39. The van der Waals surface area contributed by atoms with Gasteiger partial charge >= 0.3 is 0 Å². The number of nitrogens with one attached hydrogen (secondary N) is 1. The number of amides is 1. The van der Waals surface area contributed by atoms with Crippen molar-refractivity contribution < 1.29 is 4.79 Å². The molecule has 1 amide bonds. The number of fused-ring (bicyclic) bond motifs is 1. The first-order valence-corrected chi connectivity index (χ1v) is 5.10. The predicted octanol–water partition coefficient (Wildman–Crippen LogP) is 1.13. The lowest BCUT2D eigenvalue weighted by Gasteiger charge is -1.98. The lowest BCUT2D eigenvalue weighted by atomic mass is 10.2. The molecule has 0 atom stereocenters. The van der Waals surface area contributed by atoms with Gasteiger partial charge in [0.1, 0.15) is 5.70 Å². The lowest BCUT2D eigenvalue weighted by Crippen LogP contribution is -2.14. The number of pyridine rings is 2. The largest absolute Gasteiger partial charge is 0.311 e. The average molecular weight is 224 g/mol. The maximum absolute atomic E-state index is 11.3. The Balaban J connectivity index is 2.07. The summed E-state index contributed by atoms with van der Waals surface area (Å²) in [6, 6.07) is 7.38. The second-order valence-corrected chi connectivity index (χ2v) is 3.54. The van der Waals surface area contributed by atoms with Crippen LogP contribution in [0.15, 0.2) is 41.2 Å². The van der Waals surface area contributed by atoms with Crippen LogP contribution in [0.1, 0.15) is 5.69 Å². The fourth-order valence-corrected chi connectivity index (χ4v) is 1.59. The molecule has 0 saturated carbocycles. The van der Waals surface area contributed by atoms with Gasteiger partial charge in [0.25, 0.3) is 5.91 Å². The number of nitrogens with zero attached hydrogens (tertiary/aromatic N) is 3. The zero-order valence-electron chi connectivity index (χ0n) is 8.79. The first kappa shape index (κ1) is 9.65. The average Bonchev–Trinajstić information content (AvgIpc) is 2.75. The lowest BCUT2D eigenvalue weighted by molar-refractivity contribution is -0.115. The van der Waals surface area contributed by atoms with Gasteiger partial charge in [-0.05, 0) is 30.3 Å². The zero-order chi connectivity index (χ0) is 11.7. The van der Waals surface area contributed by atoms with Crippen molar-refractivity contribution in [1.29, 1.82) is 0 Å². The molecule has 5 heteroatoms. The summed E-state index contributed by atoms with van der Waals surface area (Å²) in [6.07, 6.45) is 4.74. The molecule has 0 spiro atoms. The number of rotatable bonds is 1. The molecule has 5 nitrogen and oxygen atoms in total. The van der Waals surface area contributed by atoms with Crippen LogP contribution in [0.3, 0.4) is 0 Å². The molecule has 1 aliphatic rings. The van der Waals surface area contributed by atoms with E-state index in [4.69, 9.17) is 0 Å². The van der Waals surface area contributed by atoms with Crippen LogP contribution in [-0.4, -0.2) is 22.2 Å². The first-order valence-electron chi connectivity index (χ1n) is 5.10. The molecule has 1 N–H and O–H groups in total. The molecule has 2 aromatic rings. The minimum Gasteiger partial charge on any atom is -0.311 e. The Hall–Kier alpha value is -2.56. The Labute approximate surface area is 96.9 Å². The number of aliphatic imine (C=N–C) groups is 1. The molecule has 82 valence electrons. The second-order valence-electron chi connectivity index (χ2n) is 3.54. The van der Waals surface area contributed by atoms with Gasteiger partial charge in [-0.25, -0.2) is 9.98 Å². The van der Waals surface area contributed by atoms with Crippen LogP contribution in [0.4, 0.5) is 0 Å². The van der Waals surface area contributed by atoms with E-state index in [2.05, 4.69) is 20.3 Å². The SMILES string of the molecule is O=C1NC=NC1=Cc1ccc2ncccc2n1. The Morgan fingerprint density at radius 3 is 2.94 bits per heavy atom. The zero-order valence-corrected chi connectivity index (χ0v) is 8.79. The molecule has 3 rings (SSSR count). The molecule has 0 aromatic carbocycles. The third-order valence-corrected chi connectivity index (χ3v) is 2.39. The van der Waals surface area contributed by atoms with Crippen LogP contribution in [-0.2, 0) is 4.79 Å². The second kappa shape index (κ2) is 3.79. The van der Waals surface area contributed by atoms with E-state index in [1.165, 1.54) is 6.34 Å². The molecule has 0 unspecified atom stereocenters. The van der Waals surface area contributed by atoms with Crippen molar-refractivity contribution >= 4 is 29.4 Å². The van der Waals surface area contributed by atoms with Crippen molar-refractivity contribution in [3.8, 4) is 0 Å². The fourth-order valence-electron chi connectivity index (χ4n) is 1.59. The van der Waals surface area contributed by atoms with Gasteiger partial charge in [0.05, 0.1) is 23.1 Å².